The fourth-order valence-corrected chi connectivity index (χ4v) is 3.18. The number of rotatable bonds is 5. The molecule has 0 aliphatic rings. The summed E-state index contributed by atoms with van der Waals surface area (Å²) in [6.07, 6.45) is 2.83. The molecule has 3 aromatic carbocycles. The molecule has 0 atom stereocenters. The van der Waals surface area contributed by atoms with Gasteiger partial charge in [0, 0.05) is 11.6 Å². The Morgan fingerprint density at radius 1 is 1.03 bits per heavy atom. The average Bonchev–Trinajstić information content (AvgIpc) is 2.80. The molecule has 0 unspecified atom stereocenters. The number of hydrogen-bond acceptors (Lipinski definition) is 4. The van der Waals surface area contributed by atoms with E-state index in [1.807, 2.05) is 12.1 Å². The van der Waals surface area contributed by atoms with E-state index in [-0.39, 0.29) is 11.4 Å². The molecule has 7 heteroatoms. The molecule has 31 heavy (non-hydrogen) atoms. The van der Waals surface area contributed by atoms with Gasteiger partial charge in [0.05, 0.1) is 23.6 Å². The van der Waals surface area contributed by atoms with Crippen molar-refractivity contribution in [2.24, 2.45) is 0 Å². The Kier molecular flexibility index (Phi) is 5.57. The van der Waals surface area contributed by atoms with E-state index in [1.165, 1.54) is 31.4 Å². The van der Waals surface area contributed by atoms with Crippen molar-refractivity contribution in [3.63, 3.8) is 0 Å². The minimum Gasteiger partial charge on any atom is -0.496 e. The second kappa shape index (κ2) is 8.62. The molecule has 0 saturated carbocycles. The second-order valence-corrected chi connectivity index (χ2v) is 6.62. The lowest BCUT2D eigenvalue weighted by molar-refractivity contribution is -0.112. The molecule has 0 spiro atoms. The number of amides is 1. The van der Waals surface area contributed by atoms with Gasteiger partial charge in [0.1, 0.15) is 11.6 Å². The van der Waals surface area contributed by atoms with E-state index >= 15 is 0 Å². The molecule has 1 amide bonds. The van der Waals surface area contributed by atoms with Gasteiger partial charge in [0.25, 0.3) is 11.5 Å². The summed E-state index contributed by atoms with van der Waals surface area (Å²) >= 11 is 0. The molecule has 1 N–H and O–H groups in total. The third-order valence-electron chi connectivity index (χ3n) is 4.67. The van der Waals surface area contributed by atoms with Gasteiger partial charge in [-0.15, -0.1) is 0 Å². The van der Waals surface area contributed by atoms with Crippen LogP contribution in [0.2, 0.25) is 0 Å². The molecule has 154 valence electrons. The van der Waals surface area contributed by atoms with Crippen LogP contribution in [0.3, 0.4) is 0 Å². The normalized spacial score (nSPS) is 11.0. The molecule has 1 heterocycles. The molecule has 0 saturated heterocycles. The van der Waals surface area contributed by atoms with Crippen molar-refractivity contribution < 1.29 is 13.9 Å². The number of carbonyl (C=O) groups excluding carboxylic acids is 1. The van der Waals surface area contributed by atoms with Gasteiger partial charge in [-0.05, 0) is 36.4 Å². The van der Waals surface area contributed by atoms with Gasteiger partial charge in [-0.1, -0.05) is 42.5 Å². The van der Waals surface area contributed by atoms with Gasteiger partial charge >= 0.3 is 0 Å². The Labute approximate surface area is 177 Å². The quantitative estimate of drug-likeness (QED) is 0.500. The molecular formula is C24H18FN3O3. The number of nitrogens with zero attached hydrogens (tertiary/aromatic N) is 2. The number of carbonyl (C=O) groups is 1. The van der Waals surface area contributed by atoms with Crippen LogP contribution >= 0.6 is 0 Å². The maximum Gasteiger partial charge on any atom is 0.280 e. The van der Waals surface area contributed by atoms with Crippen LogP contribution in [0.5, 0.6) is 5.75 Å². The highest BCUT2D eigenvalue weighted by atomic mass is 19.1. The number of para-hydroxylation sites is 2. The van der Waals surface area contributed by atoms with Crippen molar-refractivity contribution in [2.45, 2.75) is 0 Å². The van der Waals surface area contributed by atoms with E-state index in [2.05, 4.69) is 10.4 Å². The first kappa shape index (κ1) is 20.0. The number of aromatic nitrogens is 2. The number of benzene rings is 3. The highest BCUT2D eigenvalue weighted by molar-refractivity contribution is 5.98. The molecule has 0 radical (unpaired) electrons. The predicted octanol–water partition coefficient (Wildman–Crippen LogP) is 3.99. The van der Waals surface area contributed by atoms with Crippen LogP contribution < -0.4 is 15.7 Å². The van der Waals surface area contributed by atoms with Gasteiger partial charge in [0.15, 0.2) is 5.82 Å². The summed E-state index contributed by atoms with van der Waals surface area (Å²) in [4.78, 5) is 30.1. The summed E-state index contributed by atoms with van der Waals surface area (Å²) in [5.41, 5.74) is 3.19. The summed E-state index contributed by atoms with van der Waals surface area (Å²) in [5, 5.41) is 0.302. The standard InChI is InChI=1S/C24H18FN3O3/c1-31-21-13-7-2-8-16(21)14-15-22(29)27-28-23(17-9-3-5-11-19(17)25)26-20-12-6-4-10-18(20)24(28)30/h2-15H,1H3,(H,27,29)/b15-14+. The maximum atomic E-state index is 14.5. The lowest BCUT2D eigenvalue weighted by Gasteiger charge is -2.14. The molecule has 4 aromatic rings. The molecule has 1 aromatic heterocycles. The zero-order valence-corrected chi connectivity index (χ0v) is 16.6. The zero-order chi connectivity index (χ0) is 21.8. The Balaban J connectivity index is 1.77. The van der Waals surface area contributed by atoms with Gasteiger partial charge in [-0.2, -0.15) is 4.68 Å². The SMILES string of the molecule is COc1ccccc1/C=C/C(=O)Nn1c(-c2ccccc2F)nc2ccccc2c1=O. The van der Waals surface area contributed by atoms with Crippen LogP contribution in [0.4, 0.5) is 4.39 Å². The molecule has 0 aliphatic heterocycles. The summed E-state index contributed by atoms with van der Waals surface area (Å²) in [7, 11) is 1.54. The van der Waals surface area contributed by atoms with Crippen LogP contribution in [-0.2, 0) is 4.79 Å². The van der Waals surface area contributed by atoms with Gasteiger partial charge in [-0.3, -0.25) is 15.0 Å². The number of ether oxygens (including phenoxy) is 1. The van der Waals surface area contributed by atoms with E-state index in [0.29, 0.717) is 22.2 Å². The van der Waals surface area contributed by atoms with Crippen LogP contribution in [-0.4, -0.2) is 22.7 Å². The average molecular weight is 415 g/mol. The van der Waals surface area contributed by atoms with Crippen molar-refractivity contribution in [3.05, 3.63) is 101 Å². The summed E-state index contributed by atoms with van der Waals surface area (Å²) in [5.74, 6) is -0.538. The molecule has 0 fully saturated rings. The van der Waals surface area contributed by atoms with Crippen molar-refractivity contribution in [1.29, 1.82) is 0 Å². The number of halogens is 1. The Morgan fingerprint density at radius 3 is 2.55 bits per heavy atom. The first-order valence-electron chi connectivity index (χ1n) is 9.47. The largest absolute Gasteiger partial charge is 0.496 e. The minimum atomic E-state index is -0.581. The lowest BCUT2D eigenvalue weighted by atomic mass is 10.1. The smallest absolute Gasteiger partial charge is 0.280 e. The zero-order valence-electron chi connectivity index (χ0n) is 16.6. The van der Waals surface area contributed by atoms with Crippen molar-refractivity contribution in [2.75, 3.05) is 12.5 Å². The topological polar surface area (TPSA) is 73.2 Å². The summed E-state index contributed by atoms with van der Waals surface area (Å²) < 4.78 is 20.7. The van der Waals surface area contributed by atoms with E-state index in [4.69, 9.17) is 4.74 Å². The van der Waals surface area contributed by atoms with Crippen LogP contribution in [0.25, 0.3) is 28.4 Å². The van der Waals surface area contributed by atoms with Crippen molar-refractivity contribution in [3.8, 4) is 17.1 Å². The first-order valence-corrected chi connectivity index (χ1v) is 9.47. The molecular weight excluding hydrogens is 397 g/mol. The predicted molar refractivity (Wildman–Crippen MR) is 118 cm³/mol. The third-order valence-corrected chi connectivity index (χ3v) is 4.67. The summed E-state index contributed by atoms with van der Waals surface area (Å²) in [6.45, 7) is 0. The Bertz CT molecular complexity index is 1360. The summed E-state index contributed by atoms with van der Waals surface area (Å²) in [6, 6.07) is 19.8. The van der Waals surface area contributed by atoms with E-state index < -0.39 is 17.3 Å². The molecule has 0 aliphatic carbocycles. The van der Waals surface area contributed by atoms with Crippen molar-refractivity contribution >= 4 is 22.9 Å². The molecule has 6 nitrogen and oxygen atoms in total. The Morgan fingerprint density at radius 2 is 1.74 bits per heavy atom. The van der Waals surface area contributed by atoms with E-state index in [1.54, 1.807) is 48.5 Å². The highest BCUT2D eigenvalue weighted by Crippen LogP contribution is 2.21. The van der Waals surface area contributed by atoms with Gasteiger partial charge in [-0.25, -0.2) is 9.37 Å². The first-order chi connectivity index (χ1) is 15.1. The molecule has 0 bridgehead atoms. The fraction of sp³-hybridized carbons (Fsp3) is 0.0417. The van der Waals surface area contributed by atoms with Gasteiger partial charge in [0.2, 0.25) is 0 Å². The van der Waals surface area contributed by atoms with Crippen LogP contribution in [0, 0.1) is 5.82 Å². The van der Waals surface area contributed by atoms with E-state index in [0.717, 1.165) is 4.68 Å². The number of hydrogen-bond donors (Lipinski definition) is 1. The maximum absolute atomic E-state index is 14.5. The van der Waals surface area contributed by atoms with Crippen LogP contribution in [0.1, 0.15) is 5.56 Å². The highest BCUT2D eigenvalue weighted by Gasteiger charge is 2.16. The van der Waals surface area contributed by atoms with E-state index in [9.17, 15) is 14.0 Å². The minimum absolute atomic E-state index is 0.000779. The second-order valence-electron chi connectivity index (χ2n) is 6.62. The van der Waals surface area contributed by atoms with Crippen LogP contribution in [0.15, 0.2) is 83.7 Å². The monoisotopic (exact) mass is 415 g/mol. The molecule has 4 rings (SSSR count). The lowest BCUT2D eigenvalue weighted by Crippen LogP contribution is -2.34. The Hall–Kier alpha value is -4.26. The number of nitrogens with one attached hydrogen (secondary N) is 1. The number of methoxy groups -OCH3 is 1. The van der Waals surface area contributed by atoms with Gasteiger partial charge < -0.3 is 4.74 Å². The number of fused-ring (bicyclic) bond motifs is 1. The third kappa shape index (κ3) is 4.06. The fourth-order valence-electron chi connectivity index (χ4n) is 3.18. The van der Waals surface area contributed by atoms with Crippen molar-refractivity contribution in [1.82, 2.24) is 9.66 Å².